The average Bonchev–Trinajstić information content (AvgIpc) is 1.98. The summed E-state index contributed by atoms with van der Waals surface area (Å²) < 4.78 is 0. The monoisotopic (exact) mass is 185 g/mol. The minimum absolute atomic E-state index is 0.208. The van der Waals surface area contributed by atoms with Crippen molar-refractivity contribution in [3.05, 3.63) is 0 Å². The van der Waals surface area contributed by atoms with E-state index in [1.165, 1.54) is 19.3 Å². The van der Waals surface area contributed by atoms with Gasteiger partial charge in [-0.15, -0.1) is 0 Å². The van der Waals surface area contributed by atoms with Crippen LogP contribution in [0.15, 0.2) is 0 Å². The number of carbonyl (C=O) groups is 1. The van der Waals surface area contributed by atoms with Crippen LogP contribution < -0.4 is 0 Å². The molecule has 0 aromatic heterocycles. The van der Waals surface area contributed by atoms with Crippen molar-refractivity contribution in [2.24, 2.45) is 0 Å². The van der Waals surface area contributed by atoms with E-state index in [1.807, 2.05) is 0 Å². The predicted octanol–water partition coefficient (Wildman–Crippen LogP) is 1.72. The number of hydrogen-bond donors (Lipinski definition) is 1. The van der Waals surface area contributed by atoms with Crippen LogP contribution in [0.2, 0.25) is 0 Å². The fourth-order valence-electron chi connectivity index (χ4n) is 1.75. The molecule has 3 nitrogen and oxygen atoms in total. The molecule has 0 aromatic rings. The standard InChI is InChI=1S/C10H19NO2/c1-3-8(2)11(7-10(12)13)9-5-4-6-9/h8-9H,3-7H2,1-2H3,(H,12,13). The van der Waals surface area contributed by atoms with Gasteiger partial charge in [-0.25, -0.2) is 0 Å². The Hall–Kier alpha value is -0.570. The maximum atomic E-state index is 10.6. The molecular weight excluding hydrogens is 166 g/mol. The fraction of sp³-hybridized carbons (Fsp3) is 0.900. The maximum Gasteiger partial charge on any atom is 0.317 e. The van der Waals surface area contributed by atoms with Gasteiger partial charge in [0, 0.05) is 12.1 Å². The summed E-state index contributed by atoms with van der Waals surface area (Å²) >= 11 is 0. The van der Waals surface area contributed by atoms with E-state index < -0.39 is 5.97 Å². The lowest BCUT2D eigenvalue weighted by molar-refractivity contribution is -0.140. The molecule has 3 heteroatoms. The zero-order valence-electron chi connectivity index (χ0n) is 8.49. The number of aliphatic carboxylic acids is 1. The highest BCUT2D eigenvalue weighted by Crippen LogP contribution is 2.26. The number of carboxylic acid groups (broad SMARTS) is 1. The minimum atomic E-state index is -0.702. The summed E-state index contributed by atoms with van der Waals surface area (Å²) in [5, 5.41) is 8.76. The van der Waals surface area contributed by atoms with Crippen LogP contribution in [0.5, 0.6) is 0 Å². The quantitative estimate of drug-likeness (QED) is 0.709. The molecule has 0 amide bonds. The maximum absolute atomic E-state index is 10.6. The van der Waals surface area contributed by atoms with E-state index in [4.69, 9.17) is 5.11 Å². The molecule has 1 atom stereocenters. The van der Waals surface area contributed by atoms with Crippen LogP contribution in [0.4, 0.5) is 0 Å². The molecule has 1 unspecified atom stereocenters. The largest absolute Gasteiger partial charge is 0.480 e. The van der Waals surface area contributed by atoms with Gasteiger partial charge in [0.05, 0.1) is 6.54 Å². The van der Waals surface area contributed by atoms with E-state index in [1.54, 1.807) is 0 Å². The van der Waals surface area contributed by atoms with Gasteiger partial charge in [-0.2, -0.15) is 0 Å². The van der Waals surface area contributed by atoms with Crippen molar-refractivity contribution in [2.75, 3.05) is 6.54 Å². The summed E-state index contributed by atoms with van der Waals surface area (Å²) in [4.78, 5) is 12.8. The first-order chi connectivity index (χ1) is 6.15. The van der Waals surface area contributed by atoms with Crippen LogP contribution in [-0.2, 0) is 4.79 Å². The van der Waals surface area contributed by atoms with E-state index in [0.717, 1.165) is 6.42 Å². The molecule has 13 heavy (non-hydrogen) atoms. The Morgan fingerprint density at radius 1 is 1.62 bits per heavy atom. The second-order valence-electron chi connectivity index (χ2n) is 3.91. The molecule has 0 aliphatic heterocycles. The molecule has 1 fully saturated rings. The third-order valence-electron chi connectivity index (χ3n) is 3.02. The van der Waals surface area contributed by atoms with E-state index in [9.17, 15) is 4.79 Å². The molecule has 0 aromatic carbocycles. The van der Waals surface area contributed by atoms with Crippen molar-refractivity contribution in [2.45, 2.75) is 51.6 Å². The summed E-state index contributed by atoms with van der Waals surface area (Å²) in [6.07, 6.45) is 4.65. The second kappa shape index (κ2) is 4.61. The van der Waals surface area contributed by atoms with Crippen molar-refractivity contribution in [3.63, 3.8) is 0 Å². The summed E-state index contributed by atoms with van der Waals surface area (Å²) in [6.45, 7) is 4.43. The smallest absolute Gasteiger partial charge is 0.317 e. The van der Waals surface area contributed by atoms with Crippen LogP contribution in [0, 0.1) is 0 Å². The van der Waals surface area contributed by atoms with Gasteiger partial charge < -0.3 is 5.11 Å². The highest BCUT2D eigenvalue weighted by Gasteiger charge is 2.28. The van der Waals surface area contributed by atoms with Gasteiger partial charge in [-0.05, 0) is 26.2 Å². The first kappa shape index (κ1) is 10.5. The lowest BCUT2D eigenvalue weighted by Gasteiger charge is -2.40. The molecule has 0 heterocycles. The van der Waals surface area contributed by atoms with Crippen LogP contribution >= 0.6 is 0 Å². The number of hydrogen-bond acceptors (Lipinski definition) is 2. The highest BCUT2D eigenvalue weighted by molar-refractivity contribution is 5.69. The summed E-state index contributed by atoms with van der Waals surface area (Å²) in [6, 6.07) is 0.937. The number of carboxylic acids is 1. The van der Waals surface area contributed by atoms with Crippen LogP contribution in [0.25, 0.3) is 0 Å². The van der Waals surface area contributed by atoms with Crippen molar-refractivity contribution in [1.82, 2.24) is 4.90 Å². The zero-order valence-corrected chi connectivity index (χ0v) is 8.49. The first-order valence-electron chi connectivity index (χ1n) is 5.12. The summed E-state index contributed by atoms with van der Waals surface area (Å²) in [7, 11) is 0. The van der Waals surface area contributed by atoms with Gasteiger partial charge in [-0.1, -0.05) is 13.3 Å². The van der Waals surface area contributed by atoms with Crippen LogP contribution in [-0.4, -0.2) is 34.6 Å². The normalized spacial score (nSPS) is 19.9. The van der Waals surface area contributed by atoms with Gasteiger partial charge in [0.2, 0.25) is 0 Å². The minimum Gasteiger partial charge on any atom is -0.480 e. The molecule has 0 saturated heterocycles. The van der Waals surface area contributed by atoms with E-state index in [2.05, 4.69) is 18.7 Å². The van der Waals surface area contributed by atoms with Crippen molar-refractivity contribution in [3.8, 4) is 0 Å². The number of rotatable bonds is 5. The SMILES string of the molecule is CCC(C)N(CC(=O)O)C1CCC1. The Morgan fingerprint density at radius 2 is 2.23 bits per heavy atom. The molecule has 1 rings (SSSR count). The Morgan fingerprint density at radius 3 is 2.54 bits per heavy atom. The third-order valence-corrected chi connectivity index (χ3v) is 3.02. The van der Waals surface area contributed by atoms with Gasteiger partial charge in [-0.3, -0.25) is 9.69 Å². The first-order valence-corrected chi connectivity index (χ1v) is 5.12. The molecule has 1 saturated carbocycles. The van der Waals surface area contributed by atoms with E-state index >= 15 is 0 Å². The summed E-state index contributed by atoms with van der Waals surface area (Å²) in [5.41, 5.74) is 0. The lowest BCUT2D eigenvalue weighted by atomic mass is 9.90. The van der Waals surface area contributed by atoms with Gasteiger partial charge in [0.15, 0.2) is 0 Å². The molecule has 1 aliphatic carbocycles. The zero-order chi connectivity index (χ0) is 9.84. The average molecular weight is 185 g/mol. The van der Waals surface area contributed by atoms with Gasteiger partial charge in [0.25, 0.3) is 0 Å². The Kier molecular flexibility index (Phi) is 3.72. The fourth-order valence-corrected chi connectivity index (χ4v) is 1.75. The Balaban J connectivity index is 2.47. The molecule has 0 radical (unpaired) electrons. The number of nitrogens with zero attached hydrogens (tertiary/aromatic N) is 1. The lowest BCUT2D eigenvalue weighted by Crippen LogP contribution is -2.47. The molecule has 0 spiro atoms. The van der Waals surface area contributed by atoms with Crippen molar-refractivity contribution in [1.29, 1.82) is 0 Å². The van der Waals surface area contributed by atoms with E-state index in [-0.39, 0.29) is 6.54 Å². The second-order valence-corrected chi connectivity index (χ2v) is 3.91. The molecule has 1 N–H and O–H groups in total. The van der Waals surface area contributed by atoms with E-state index in [0.29, 0.717) is 12.1 Å². The molecule has 76 valence electrons. The van der Waals surface area contributed by atoms with Crippen molar-refractivity contribution >= 4 is 5.97 Å². The Bertz CT molecular complexity index is 173. The highest BCUT2D eigenvalue weighted by atomic mass is 16.4. The molecular formula is C10H19NO2. The third kappa shape index (κ3) is 2.69. The molecule has 1 aliphatic rings. The van der Waals surface area contributed by atoms with Gasteiger partial charge in [0.1, 0.15) is 0 Å². The van der Waals surface area contributed by atoms with Crippen molar-refractivity contribution < 1.29 is 9.90 Å². The van der Waals surface area contributed by atoms with Gasteiger partial charge >= 0.3 is 5.97 Å². The summed E-state index contributed by atoms with van der Waals surface area (Å²) in [5.74, 6) is -0.702. The Labute approximate surface area is 79.7 Å². The van der Waals surface area contributed by atoms with Crippen LogP contribution in [0.1, 0.15) is 39.5 Å². The van der Waals surface area contributed by atoms with Crippen LogP contribution in [0.3, 0.4) is 0 Å². The topological polar surface area (TPSA) is 40.5 Å². The molecule has 0 bridgehead atoms. The predicted molar refractivity (Wildman–Crippen MR) is 51.7 cm³/mol.